The molecule has 1 heterocycles. The molecule has 0 bridgehead atoms. The lowest BCUT2D eigenvalue weighted by Crippen LogP contribution is -2.40. The first-order valence-electron chi connectivity index (χ1n) is 6.01. The summed E-state index contributed by atoms with van der Waals surface area (Å²) in [4.78, 5) is 22.8. The zero-order valence-corrected chi connectivity index (χ0v) is 9.98. The number of carbonyl (C=O) groups excluding carboxylic acids is 1. The van der Waals surface area contributed by atoms with Gasteiger partial charge in [-0.1, -0.05) is 18.2 Å². The smallest absolute Gasteiger partial charge is 0.336 e. The lowest BCUT2D eigenvalue weighted by atomic mass is 10.1. The van der Waals surface area contributed by atoms with Gasteiger partial charge in [0.2, 0.25) is 5.91 Å². The number of hydrogen-bond acceptors (Lipinski definition) is 3. The van der Waals surface area contributed by atoms with Crippen molar-refractivity contribution in [3.8, 4) is 0 Å². The summed E-state index contributed by atoms with van der Waals surface area (Å²) < 4.78 is 0. The quantitative estimate of drug-likeness (QED) is 0.735. The molecule has 1 aromatic rings. The van der Waals surface area contributed by atoms with E-state index in [0.717, 1.165) is 19.4 Å². The third-order valence-corrected chi connectivity index (χ3v) is 3.08. The molecule has 1 fully saturated rings. The molecule has 2 rings (SSSR count). The fraction of sp³-hybridized carbons (Fsp3) is 0.385. The summed E-state index contributed by atoms with van der Waals surface area (Å²) in [6.07, 6.45) is 1.84. The van der Waals surface area contributed by atoms with Crippen LogP contribution in [0.4, 0.5) is 0 Å². The van der Waals surface area contributed by atoms with Gasteiger partial charge >= 0.3 is 5.97 Å². The van der Waals surface area contributed by atoms with Gasteiger partial charge in [0, 0.05) is 6.54 Å². The Kier molecular flexibility index (Phi) is 3.94. The third kappa shape index (κ3) is 2.87. The molecule has 1 amide bonds. The van der Waals surface area contributed by atoms with Crippen LogP contribution in [0.2, 0.25) is 0 Å². The number of nitrogens with one attached hydrogen (secondary N) is 2. The van der Waals surface area contributed by atoms with Crippen molar-refractivity contribution in [1.29, 1.82) is 0 Å². The van der Waals surface area contributed by atoms with Crippen LogP contribution in [0, 0.1) is 0 Å². The topological polar surface area (TPSA) is 78.4 Å². The number of hydrogen-bond donors (Lipinski definition) is 3. The summed E-state index contributed by atoms with van der Waals surface area (Å²) >= 11 is 0. The Labute approximate surface area is 105 Å². The highest BCUT2D eigenvalue weighted by molar-refractivity contribution is 5.89. The summed E-state index contributed by atoms with van der Waals surface area (Å²) in [5.74, 6) is -1.04. The zero-order chi connectivity index (χ0) is 13.0. The molecule has 0 aliphatic carbocycles. The molecule has 1 saturated heterocycles. The molecule has 1 aliphatic rings. The van der Waals surface area contributed by atoms with Gasteiger partial charge < -0.3 is 15.7 Å². The van der Waals surface area contributed by atoms with E-state index in [1.807, 2.05) is 0 Å². The summed E-state index contributed by atoms with van der Waals surface area (Å²) in [7, 11) is 0. The molecule has 0 saturated carbocycles. The van der Waals surface area contributed by atoms with E-state index in [1.165, 1.54) is 6.07 Å². The van der Waals surface area contributed by atoms with Crippen molar-refractivity contribution in [2.45, 2.75) is 25.4 Å². The van der Waals surface area contributed by atoms with E-state index in [4.69, 9.17) is 5.11 Å². The standard InChI is InChI=1S/C13H16N2O3/c16-12(11-6-3-7-14-11)15-8-9-4-1-2-5-10(9)13(17)18/h1-2,4-5,11,14H,3,6-8H2,(H,15,16)(H,17,18). The van der Waals surface area contributed by atoms with Crippen LogP contribution in [-0.4, -0.2) is 29.6 Å². The molecule has 1 aliphatic heterocycles. The van der Waals surface area contributed by atoms with Gasteiger partial charge in [-0.3, -0.25) is 4.79 Å². The minimum atomic E-state index is -0.973. The average molecular weight is 248 g/mol. The summed E-state index contributed by atoms with van der Waals surface area (Å²) in [5, 5.41) is 14.9. The molecular formula is C13H16N2O3. The molecule has 1 unspecified atom stereocenters. The van der Waals surface area contributed by atoms with E-state index in [0.29, 0.717) is 5.56 Å². The molecule has 1 aromatic carbocycles. The molecular weight excluding hydrogens is 232 g/mol. The van der Waals surface area contributed by atoms with Crippen molar-refractivity contribution in [1.82, 2.24) is 10.6 Å². The van der Waals surface area contributed by atoms with Gasteiger partial charge in [0.15, 0.2) is 0 Å². The first kappa shape index (κ1) is 12.6. The second kappa shape index (κ2) is 5.64. The van der Waals surface area contributed by atoms with Crippen LogP contribution in [-0.2, 0) is 11.3 Å². The Morgan fingerprint density at radius 3 is 2.83 bits per heavy atom. The Hall–Kier alpha value is -1.88. The van der Waals surface area contributed by atoms with Crippen LogP contribution in [0.1, 0.15) is 28.8 Å². The van der Waals surface area contributed by atoms with Crippen molar-refractivity contribution < 1.29 is 14.7 Å². The van der Waals surface area contributed by atoms with Crippen LogP contribution >= 0.6 is 0 Å². The molecule has 96 valence electrons. The van der Waals surface area contributed by atoms with Gasteiger partial charge in [-0.2, -0.15) is 0 Å². The number of rotatable bonds is 4. The minimum Gasteiger partial charge on any atom is -0.478 e. The number of aromatic carboxylic acids is 1. The first-order valence-corrected chi connectivity index (χ1v) is 6.01. The first-order chi connectivity index (χ1) is 8.68. The van der Waals surface area contributed by atoms with E-state index < -0.39 is 5.97 Å². The van der Waals surface area contributed by atoms with Crippen molar-refractivity contribution in [3.63, 3.8) is 0 Å². The monoisotopic (exact) mass is 248 g/mol. The Bertz CT molecular complexity index is 453. The van der Waals surface area contributed by atoms with Crippen LogP contribution in [0.5, 0.6) is 0 Å². The van der Waals surface area contributed by atoms with E-state index in [2.05, 4.69) is 10.6 Å². The Morgan fingerprint density at radius 1 is 1.39 bits per heavy atom. The number of carboxylic acid groups (broad SMARTS) is 1. The van der Waals surface area contributed by atoms with Gasteiger partial charge in [0.25, 0.3) is 0 Å². The predicted molar refractivity (Wildman–Crippen MR) is 66.3 cm³/mol. The zero-order valence-electron chi connectivity index (χ0n) is 9.98. The van der Waals surface area contributed by atoms with Gasteiger partial charge in [-0.25, -0.2) is 4.79 Å². The lowest BCUT2D eigenvalue weighted by molar-refractivity contribution is -0.122. The summed E-state index contributed by atoms with van der Waals surface area (Å²) in [5.41, 5.74) is 0.855. The Morgan fingerprint density at radius 2 is 2.17 bits per heavy atom. The van der Waals surface area contributed by atoms with Crippen LogP contribution in [0.15, 0.2) is 24.3 Å². The fourth-order valence-corrected chi connectivity index (χ4v) is 2.10. The third-order valence-electron chi connectivity index (χ3n) is 3.08. The highest BCUT2D eigenvalue weighted by Gasteiger charge is 2.21. The molecule has 18 heavy (non-hydrogen) atoms. The second-order valence-corrected chi connectivity index (χ2v) is 4.33. The molecule has 0 aromatic heterocycles. The van der Waals surface area contributed by atoms with Crippen molar-refractivity contribution >= 4 is 11.9 Å². The van der Waals surface area contributed by atoms with Crippen LogP contribution in [0.25, 0.3) is 0 Å². The summed E-state index contributed by atoms with van der Waals surface area (Å²) in [6, 6.07) is 6.56. The van der Waals surface area contributed by atoms with Crippen molar-refractivity contribution in [3.05, 3.63) is 35.4 Å². The number of carbonyl (C=O) groups is 2. The van der Waals surface area contributed by atoms with Crippen molar-refractivity contribution in [2.75, 3.05) is 6.54 Å². The maximum absolute atomic E-state index is 11.8. The average Bonchev–Trinajstić information content (AvgIpc) is 2.90. The molecule has 0 spiro atoms. The van der Waals surface area contributed by atoms with Gasteiger partial charge in [0.05, 0.1) is 11.6 Å². The second-order valence-electron chi connectivity index (χ2n) is 4.33. The summed E-state index contributed by atoms with van der Waals surface area (Å²) in [6.45, 7) is 1.11. The predicted octanol–water partition coefficient (Wildman–Crippen LogP) is 0.753. The number of carboxylic acids is 1. The molecule has 1 atom stereocenters. The highest BCUT2D eigenvalue weighted by Crippen LogP contribution is 2.09. The van der Waals surface area contributed by atoms with Crippen LogP contribution < -0.4 is 10.6 Å². The normalized spacial score (nSPS) is 18.6. The molecule has 0 radical (unpaired) electrons. The van der Waals surface area contributed by atoms with E-state index in [-0.39, 0.29) is 24.1 Å². The largest absolute Gasteiger partial charge is 0.478 e. The van der Waals surface area contributed by atoms with E-state index in [1.54, 1.807) is 18.2 Å². The molecule has 5 heteroatoms. The fourth-order valence-electron chi connectivity index (χ4n) is 2.10. The van der Waals surface area contributed by atoms with Gasteiger partial charge in [-0.05, 0) is 31.0 Å². The maximum Gasteiger partial charge on any atom is 0.336 e. The minimum absolute atomic E-state index is 0.0623. The SMILES string of the molecule is O=C(O)c1ccccc1CNC(=O)C1CCCN1. The molecule has 3 N–H and O–H groups in total. The van der Waals surface area contributed by atoms with E-state index in [9.17, 15) is 9.59 Å². The van der Waals surface area contributed by atoms with Gasteiger partial charge in [-0.15, -0.1) is 0 Å². The number of benzene rings is 1. The Balaban J connectivity index is 1.97. The van der Waals surface area contributed by atoms with Gasteiger partial charge in [0.1, 0.15) is 0 Å². The van der Waals surface area contributed by atoms with E-state index >= 15 is 0 Å². The van der Waals surface area contributed by atoms with Crippen molar-refractivity contribution in [2.24, 2.45) is 0 Å². The highest BCUT2D eigenvalue weighted by atomic mass is 16.4. The molecule has 5 nitrogen and oxygen atoms in total. The van der Waals surface area contributed by atoms with Crippen LogP contribution in [0.3, 0.4) is 0 Å². The maximum atomic E-state index is 11.8. The number of amides is 1. The lowest BCUT2D eigenvalue weighted by Gasteiger charge is -2.12.